The zero-order valence-corrected chi connectivity index (χ0v) is 15.1. The van der Waals surface area contributed by atoms with E-state index in [1.807, 2.05) is 0 Å². The van der Waals surface area contributed by atoms with Gasteiger partial charge in [0.1, 0.15) is 16.4 Å². The van der Waals surface area contributed by atoms with Gasteiger partial charge in [0.2, 0.25) is 5.95 Å². The van der Waals surface area contributed by atoms with E-state index in [2.05, 4.69) is 15.3 Å². The Morgan fingerprint density at radius 1 is 1.38 bits per heavy atom. The highest BCUT2D eigenvalue weighted by molar-refractivity contribution is 7.21. The fourth-order valence-corrected chi connectivity index (χ4v) is 3.76. The summed E-state index contributed by atoms with van der Waals surface area (Å²) in [5, 5.41) is 3.72. The molecule has 0 bridgehead atoms. The average Bonchev–Trinajstić information content (AvgIpc) is 3.36. The summed E-state index contributed by atoms with van der Waals surface area (Å²) in [6, 6.07) is 4.77. The number of thiophene rings is 1. The van der Waals surface area contributed by atoms with Crippen LogP contribution in [0.1, 0.15) is 29.4 Å². The predicted octanol–water partition coefficient (Wildman–Crippen LogP) is 3.87. The van der Waals surface area contributed by atoms with Crippen LogP contribution in [0.4, 0.5) is 16.0 Å². The first-order valence-electron chi connectivity index (χ1n) is 8.19. The number of benzene rings is 1. The van der Waals surface area contributed by atoms with Crippen LogP contribution in [0.25, 0.3) is 21.5 Å². The molecule has 8 heteroatoms. The second-order valence-corrected chi connectivity index (χ2v) is 7.24. The summed E-state index contributed by atoms with van der Waals surface area (Å²) >= 11 is 1.20. The van der Waals surface area contributed by atoms with E-state index in [9.17, 15) is 9.18 Å². The van der Waals surface area contributed by atoms with Crippen molar-refractivity contribution in [2.45, 2.75) is 25.8 Å². The molecule has 26 heavy (non-hydrogen) atoms. The molecule has 1 aliphatic carbocycles. The molecule has 4 rings (SSSR count). The molecule has 2 heterocycles. The molecule has 2 aromatic heterocycles. The second-order valence-electron chi connectivity index (χ2n) is 6.24. The zero-order valence-electron chi connectivity index (χ0n) is 14.3. The Morgan fingerprint density at radius 3 is 2.81 bits per heavy atom. The molecule has 3 aromatic rings. The first kappa shape index (κ1) is 16.7. The van der Waals surface area contributed by atoms with Crippen molar-refractivity contribution >= 4 is 39.0 Å². The van der Waals surface area contributed by atoms with E-state index in [0.717, 1.165) is 12.8 Å². The topological polar surface area (TPSA) is 90.1 Å². The summed E-state index contributed by atoms with van der Waals surface area (Å²) in [6.45, 7) is 1.45. The molecular weight excluding hydrogens is 355 g/mol. The molecule has 0 spiro atoms. The van der Waals surface area contributed by atoms with Gasteiger partial charge in [0.25, 0.3) is 0 Å². The standard InChI is InChI=1S/C18H17FN4O2S/c1-8(24)16-14(20)13-15(11-7-10(25-2)5-6-12(11)19)22-18(21-9-3-4-9)23-17(13)26-16/h5-7,9H,3-4,20H2,1-2H3,(H,21,22,23). The van der Waals surface area contributed by atoms with E-state index in [4.69, 9.17) is 10.5 Å². The van der Waals surface area contributed by atoms with Crippen LogP contribution < -0.4 is 15.8 Å². The zero-order chi connectivity index (χ0) is 18.4. The highest BCUT2D eigenvalue weighted by atomic mass is 32.1. The van der Waals surface area contributed by atoms with Gasteiger partial charge >= 0.3 is 0 Å². The molecule has 0 aliphatic heterocycles. The van der Waals surface area contributed by atoms with Crippen LogP contribution in [0.2, 0.25) is 0 Å². The SMILES string of the molecule is COc1ccc(F)c(-c2nc(NC3CC3)nc3sc(C(C)=O)c(N)c23)c1. The number of nitrogens with one attached hydrogen (secondary N) is 1. The maximum Gasteiger partial charge on any atom is 0.224 e. The summed E-state index contributed by atoms with van der Waals surface area (Å²) < 4.78 is 19.8. The molecule has 0 unspecified atom stereocenters. The average molecular weight is 372 g/mol. The van der Waals surface area contributed by atoms with Crippen LogP contribution in [0.3, 0.4) is 0 Å². The van der Waals surface area contributed by atoms with E-state index in [1.54, 1.807) is 12.1 Å². The van der Waals surface area contributed by atoms with Crippen LogP contribution in [0.15, 0.2) is 18.2 Å². The molecule has 0 atom stereocenters. The van der Waals surface area contributed by atoms with Crippen molar-refractivity contribution in [1.29, 1.82) is 0 Å². The molecule has 1 fully saturated rings. The number of rotatable bonds is 5. The smallest absolute Gasteiger partial charge is 0.224 e. The van der Waals surface area contributed by atoms with Crippen molar-refractivity contribution in [3.05, 3.63) is 28.9 Å². The minimum absolute atomic E-state index is 0.153. The van der Waals surface area contributed by atoms with Gasteiger partial charge < -0.3 is 15.8 Å². The largest absolute Gasteiger partial charge is 0.497 e. The minimum Gasteiger partial charge on any atom is -0.497 e. The molecule has 1 aromatic carbocycles. The molecule has 1 saturated carbocycles. The van der Waals surface area contributed by atoms with Gasteiger partial charge in [0.05, 0.1) is 28.8 Å². The molecule has 3 N–H and O–H groups in total. The van der Waals surface area contributed by atoms with Crippen molar-refractivity contribution in [3.8, 4) is 17.0 Å². The number of carbonyl (C=O) groups is 1. The number of ketones is 1. The van der Waals surface area contributed by atoms with Crippen LogP contribution in [-0.4, -0.2) is 28.9 Å². The third kappa shape index (κ3) is 2.86. The van der Waals surface area contributed by atoms with Crippen molar-refractivity contribution in [3.63, 3.8) is 0 Å². The number of nitrogens with zero attached hydrogens (tertiary/aromatic N) is 2. The van der Waals surface area contributed by atoms with Gasteiger partial charge in [-0.05, 0) is 31.0 Å². The summed E-state index contributed by atoms with van der Waals surface area (Å²) in [5.41, 5.74) is 7.10. The number of aromatic nitrogens is 2. The predicted molar refractivity (Wildman–Crippen MR) is 100 cm³/mol. The Hall–Kier alpha value is -2.74. The number of nitrogen functional groups attached to an aromatic ring is 1. The summed E-state index contributed by atoms with van der Waals surface area (Å²) in [7, 11) is 1.51. The Kier molecular flexibility index (Phi) is 3.99. The van der Waals surface area contributed by atoms with Gasteiger partial charge in [-0.1, -0.05) is 0 Å². The second kappa shape index (κ2) is 6.21. The van der Waals surface area contributed by atoms with Gasteiger partial charge in [-0.15, -0.1) is 11.3 Å². The Labute approximate surface area is 153 Å². The number of hydrogen-bond acceptors (Lipinski definition) is 7. The maximum absolute atomic E-state index is 14.6. The molecule has 0 amide bonds. The van der Waals surface area contributed by atoms with Gasteiger partial charge in [-0.25, -0.2) is 14.4 Å². The number of hydrogen-bond donors (Lipinski definition) is 2. The quantitative estimate of drug-likeness (QED) is 0.661. The van der Waals surface area contributed by atoms with E-state index in [0.29, 0.717) is 38.5 Å². The first-order chi connectivity index (χ1) is 12.5. The lowest BCUT2D eigenvalue weighted by atomic mass is 10.1. The third-order valence-corrected chi connectivity index (χ3v) is 5.45. The molecule has 6 nitrogen and oxygen atoms in total. The van der Waals surface area contributed by atoms with E-state index in [1.165, 1.54) is 31.4 Å². The van der Waals surface area contributed by atoms with Crippen molar-refractivity contribution in [2.75, 3.05) is 18.2 Å². The molecule has 0 radical (unpaired) electrons. The number of nitrogens with two attached hydrogens (primary N) is 1. The van der Waals surface area contributed by atoms with E-state index in [-0.39, 0.29) is 17.0 Å². The monoisotopic (exact) mass is 372 g/mol. The van der Waals surface area contributed by atoms with Crippen LogP contribution in [-0.2, 0) is 0 Å². The van der Waals surface area contributed by atoms with E-state index >= 15 is 0 Å². The third-order valence-electron chi connectivity index (χ3n) is 4.25. The van der Waals surface area contributed by atoms with Crippen LogP contribution >= 0.6 is 11.3 Å². The summed E-state index contributed by atoms with van der Waals surface area (Å²) in [6.07, 6.45) is 2.10. The van der Waals surface area contributed by atoms with Gasteiger partial charge in [0, 0.05) is 18.5 Å². The minimum atomic E-state index is -0.446. The van der Waals surface area contributed by atoms with Crippen molar-refractivity contribution in [2.24, 2.45) is 0 Å². The van der Waals surface area contributed by atoms with Gasteiger partial charge in [-0.3, -0.25) is 4.79 Å². The number of halogens is 1. The summed E-state index contributed by atoms with van der Waals surface area (Å²) in [5.74, 6) is 0.316. The molecule has 0 saturated heterocycles. The lowest BCUT2D eigenvalue weighted by Gasteiger charge is -2.10. The van der Waals surface area contributed by atoms with Crippen LogP contribution in [0, 0.1) is 5.82 Å². The number of carbonyl (C=O) groups excluding carboxylic acids is 1. The van der Waals surface area contributed by atoms with Crippen LogP contribution in [0.5, 0.6) is 5.75 Å². The van der Waals surface area contributed by atoms with Crippen molar-refractivity contribution < 1.29 is 13.9 Å². The number of fused-ring (bicyclic) bond motifs is 1. The normalized spacial score (nSPS) is 13.8. The highest BCUT2D eigenvalue weighted by Gasteiger charge is 2.25. The molecule has 134 valence electrons. The Morgan fingerprint density at radius 2 is 2.15 bits per heavy atom. The fourth-order valence-electron chi connectivity index (χ4n) is 2.77. The number of ether oxygens (including phenoxy) is 1. The maximum atomic E-state index is 14.6. The lowest BCUT2D eigenvalue weighted by Crippen LogP contribution is -2.06. The first-order valence-corrected chi connectivity index (χ1v) is 9.01. The Bertz CT molecular complexity index is 1030. The van der Waals surface area contributed by atoms with E-state index < -0.39 is 5.82 Å². The number of Topliss-reactive ketones (excluding diaryl/α,β-unsaturated/α-hetero) is 1. The van der Waals surface area contributed by atoms with Crippen molar-refractivity contribution in [1.82, 2.24) is 9.97 Å². The summed E-state index contributed by atoms with van der Waals surface area (Å²) in [4.78, 5) is 21.9. The highest BCUT2D eigenvalue weighted by Crippen LogP contribution is 2.41. The van der Waals surface area contributed by atoms with Gasteiger partial charge in [0.15, 0.2) is 5.78 Å². The lowest BCUT2D eigenvalue weighted by molar-refractivity contribution is 0.102. The van der Waals surface area contributed by atoms with Gasteiger partial charge in [-0.2, -0.15) is 0 Å². The number of anilines is 2. The fraction of sp³-hybridized carbons (Fsp3) is 0.278. The number of methoxy groups -OCH3 is 1. The Balaban J connectivity index is 2.00. The molecular formula is C18H17FN4O2S. The molecule has 1 aliphatic rings.